The molecule has 128 valence electrons. The molecule has 1 amide bonds. The molecule has 0 unspecified atom stereocenters. The minimum Gasteiger partial charge on any atom is -0.362 e. The summed E-state index contributed by atoms with van der Waals surface area (Å²) in [4.78, 5) is 15.1. The van der Waals surface area contributed by atoms with Gasteiger partial charge in [-0.25, -0.2) is 0 Å². The molecule has 1 heterocycles. The van der Waals surface area contributed by atoms with Crippen molar-refractivity contribution in [3.8, 4) is 0 Å². The van der Waals surface area contributed by atoms with Crippen molar-refractivity contribution in [1.82, 2.24) is 5.32 Å². The number of carbonyl (C=O) groups excluding carboxylic acids is 1. The van der Waals surface area contributed by atoms with Gasteiger partial charge in [0.15, 0.2) is 0 Å². The van der Waals surface area contributed by atoms with Crippen molar-refractivity contribution in [3.63, 3.8) is 0 Å². The molecule has 5 aliphatic rings. The van der Waals surface area contributed by atoms with Crippen LogP contribution in [-0.4, -0.2) is 24.5 Å². The summed E-state index contributed by atoms with van der Waals surface area (Å²) in [5.41, 5.74) is 2.80. The van der Waals surface area contributed by atoms with Crippen molar-refractivity contribution in [2.24, 2.45) is 17.8 Å². The third-order valence-corrected chi connectivity index (χ3v) is 6.98. The number of nitrogens with one attached hydrogen (secondary N) is 1. The number of carbonyl (C=O) groups is 1. The third-order valence-electron chi connectivity index (χ3n) is 6.98. The van der Waals surface area contributed by atoms with Crippen LogP contribution in [0.2, 0.25) is 0 Å². The van der Waals surface area contributed by atoms with E-state index in [4.69, 9.17) is 0 Å². The molecular weight excluding hydrogens is 296 g/mol. The molecule has 4 saturated carbocycles. The van der Waals surface area contributed by atoms with Crippen molar-refractivity contribution >= 4 is 11.6 Å². The van der Waals surface area contributed by atoms with Gasteiger partial charge in [-0.1, -0.05) is 18.2 Å². The minimum atomic E-state index is 0.140. The van der Waals surface area contributed by atoms with Gasteiger partial charge < -0.3 is 10.2 Å². The zero-order valence-corrected chi connectivity index (χ0v) is 14.5. The molecule has 24 heavy (non-hydrogen) atoms. The highest BCUT2D eigenvalue weighted by atomic mass is 16.2. The Balaban J connectivity index is 1.29. The van der Waals surface area contributed by atoms with Gasteiger partial charge in [-0.05, 0) is 80.8 Å². The van der Waals surface area contributed by atoms with Gasteiger partial charge in [-0.15, -0.1) is 0 Å². The van der Waals surface area contributed by atoms with Crippen molar-refractivity contribution in [2.75, 3.05) is 18.0 Å². The number of para-hydroxylation sites is 1. The fourth-order valence-corrected chi connectivity index (χ4v) is 6.55. The lowest BCUT2D eigenvalue weighted by atomic mass is 9.53. The van der Waals surface area contributed by atoms with Gasteiger partial charge in [0, 0.05) is 17.8 Å². The summed E-state index contributed by atoms with van der Waals surface area (Å²) < 4.78 is 0. The quantitative estimate of drug-likeness (QED) is 0.922. The van der Waals surface area contributed by atoms with E-state index in [0.29, 0.717) is 6.54 Å². The van der Waals surface area contributed by atoms with Crippen LogP contribution in [0.5, 0.6) is 0 Å². The van der Waals surface area contributed by atoms with Crippen molar-refractivity contribution in [3.05, 3.63) is 29.8 Å². The van der Waals surface area contributed by atoms with E-state index in [1.165, 1.54) is 49.8 Å². The first-order valence-corrected chi connectivity index (χ1v) is 9.83. The summed E-state index contributed by atoms with van der Waals surface area (Å²) >= 11 is 0. The number of amides is 1. The Morgan fingerprint density at radius 2 is 1.75 bits per heavy atom. The van der Waals surface area contributed by atoms with E-state index in [0.717, 1.165) is 37.1 Å². The first-order valence-electron chi connectivity index (χ1n) is 9.83. The molecule has 0 aromatic heterocycles. The van der Waals surface area contributed by atoms with Crippen molar-refractivity contribution < 1.29 is 4.79 Å². The van der Waals surface area contributed by atoms with Crippen LogP contribution in [-0.2, 0) is 11.2 Å². The number of benzene rings is 1. The number of hydrogen-bond acceptors (Lipinski definition) is 2. The first kappa shape index (κ1) is 14.8. The zero-order chi connectivity index (χ0) is 16.1. The van der Waals surface area contributed by atoms with E-state index in [-0.39, 0.29) is 11.4 Å². The number of nitrogens with zero attached hydrogens (tertiary/aromatic N) is 1. The van der Waals surface area contributed by atoms with Crippen LogP contribution < -0.4 is 10.2 Å². The molecule has 3 nitrogen and oxygen atoms in total. The Morgan fingerprint density at radius 3 is 2.46 bits per heavy atom. The molecule has 4 aliphatic carbocycles. The van der Waals surface area contributed by atoms with Crippen LogP contribution in [0.3, 0.4) is 0 Å². The largest absolute Gasteiger partial charge is 0.362 e. The van der Waals surface area contributed by atoms with Crippen LogP contribution in [0, 0.1) is 17.8 Å². The van der Waals surface area contributed by atoms with Crippen LogP contribution >= 0.6 is 0 Å². The van der Waals surface area contributed by atoms with Gasteiger partial charge in [-0.3, -0.25) is 4.79 Å². The standard InChI is InChI=1S/C21H28N2O/c24-20(14-23-7-3-5-18-4-1-2-6-19(18)23)22-21-11-15-8-16(12-21)10-17(9-15)13-21/h1-2,4,6,15-17H,3,5,7-14H2,(H,22,24). The topological polar surface area (TPSA) is 32.3 Å². The maximum absolute atomic E-state index is 12.9. The average molecular weight is 324 g/mol. The van der Waals surface area contributed by atoms with Crippen molar-refractivity contribution in [1.29, 1.82) is 0 Å². The van der Waals surface area contributed by atoms with E-state index in [1.54, 1.807) is 0 Å². The molecule has 1 N–H and O–H groups in total. The SMILES string of the molecule is O=C(CN1CCCc2ccccc21)NC12CC3CC(CC(C3)C1)C2. The molecule has 0 atom stereocenters. The second-order valence-corrected chi connectivity index (χ2v) is 8.90. The number of hydrogen-bond donors (Lipinski definition) is 1. The van der Waals surface area contributed by atoms with Crippen LogP contribution in [0.25, 0.3) is 0 Å². The lowest BCUT2D eigenvalue weighted by Crippen LogP contribution is -2.61. The predicted octanol–water partition coefficient (Wildman–Crippen LogP) is 3.52. The number of rotatable bonds is 3. The highest BCUT2D eigenvalue weighted by Crippen LogP contribution is 2.55. The summed E-state index contributed by atoms with van der Waals surface area (Å²) in [6.45, 7) is 1.53. The Kier molecular flexibility index (Phi) is 3.39. The lowest BCUT2D eigenvalue weighted by molar-refractivity contribution is -0.125. The van der Waals surface area contributed by atoms with Gasteiger partial charge in [0.2, 0.25) is 5.91 Å². The van der Waals surface area contributed by atoms with E-state index in [1.807, 2.05) is 0 Å². The molecule has 4 fully saturated rings. The molecule has 1 aliphatic heterocycles. The summed E-state index contributed by atoms with van der Waals surface area (Å²) in [7, 11) is 0. The maximum atomic E-state index is 12.9. The van der Waals surface area contributed by atoms with Crippen LogP contribution in [0.1, 0.15) is 50.5 Å². The normalized spacial score (nSPS) is 36.5. The fourth-order valence-electron chi connectivity index (χ4n) is 6.55. The Hall–Kier alpha value is -1.51. The monoisotopic (exact) mass is 324 g/mol. The maximum Gasteiger partial charge on any atom is 0.239 e. The third kappa shape index (κ3) is 2.53. The van der Waals surface area contributed by atoms with Crippen molar-refractivity contribution in [2.45, 2.75) is 56.9 Å². The average Bonchev–Trinajstić information content (AvgIpc) is 2.53. The molecule has 6 rings (SSSR count). The number of fused-ring (bicyclic) bond motifs is 1. The Labute approximate surface area is 144 Å². The van der Waals surface area contributed by atoms with Gasteiger partial charge in [0.1, 0.15) is 0 Å². The molecule has 0 spiro atoms. The molecule has 3 heteroatoms. The van der Waals surface area contributed by atoms with Gasteiger partial charge >= 0.3 is 0 Å². The Bertz CT molecular complexity index is 618. The van der Waals surface area contributed by atoms with E-state index in [9.17, 15) is 4.79 Å². The summed E-state index contributed by atoms with van der Waals surface area (Å²) in [5, 5.41) is 3.52. The molecule has 1 aromatic carbocycles. The number of aryl methyl sites for hydroxylation is 1. The Morgan fingerprint density at radius 1 is 1.08 bits per heavy atom. The van der Waals surface area contributed by atoms with E-state index >= 15 is 0 Å². The highest BCUT2D eigenvalue weighted by molar-refractivity contribution is 5.82. The molecular formula is C21H28N2O. The molecule has 0 radical (unpaired) electrons. The fraction of sp³-hybridized carbons (Fsp3) is 0.667. The first-order chi connectivity index (χ1) is 11.7. The van der Waals surface area contributed by atoms with Gasteiger partial charge in [-0.2, -0.15) is 0 Å². The van der Waals surface area contributed by atoms with E-state index < -0.39 is 0 Å². The zero-order valence-electron chi connectivity index (χ0n) is 14.5. The second-order valence-electron chi connectivity index (χ2n) is 8.90. The summed E-state index contributed by atoms with van der Waals surface area (Å²) in [6, 6.07) is 8.58. The van der Waals surface area contributed by atoms with Gasteiger partial charge in [0.25, 0.3) is 0 Å². The molecule has 1 aromatic rings. The summed E-state index contributed by atoms with van der Waals surface area (Å²) in [6.07, 6.45) is 10.3. The highest BCUT2D eigenvalue weighted by Gasteiger charge is 2.51. The second kappa shape index (κ2) is 5.50. The van der Waals surface area contributed by atoms with Gasteiger partial charge in [0.05, 0.1) is 6.54 Å². The number of anilines is 1. The summed E-state index contributed by atoms with van der Waals surface area (Å²) in [5.74, 6) is 2.89. The molecule has 0 saturated heterocycles. The predicted molar refractivity (Wildman–Crippen MR) is 96.0 cm³/mol. The minimum absolute atomic E-state index is 0.140. The van der Waals surface area contributed by atoms with Crippen LogP contribution in [0.15, 0.2) is 24.3 Å². The smallest absolute Gasteiger partial charge is 0.239 e. The lowest BCUT2D eigenvalue weighted by Gasteiger charge is -2.57. The molecule has 4 bridgehead atoms. The van der Waals surface area contributed by atoms with E-state index in [2.05, 4.69) is 34.5 Å². The van der Waals surface area contributed by atoms with Crippen LogP contribution in [0.4, 0.5) is 5.69 Å².